The maximum atomic E-state index is 11.1. The van der Waals surface area contributed by atoms with Crippen molar-refractivity contribution in [2.24, 2.45) is 0 Å². The zero-order valence-electron chi connectivity index (χ0n) is 8.93. The summed E-state index contributed by atoms with van der Waals surface area (Å²) in [5, 5.41) is 9.13. The van der Waals surface area contributed by atoms with Gasteiger partial charge in [-0.05, 0) is 23.3 Å². The van der Waals surface area contributed by atoms with Crippen LogP contribution in [0.1, 0.15) is 53.9 Å². The number of halogens is 1. The van der Waals surface area contributed by atoms with E-state index in [0.29, 0.717) is 15.8 Å². The van der Waals surface area contributed by atoms with Gasteiger partial charge in [-0.3, -0.25) is 0 Å². The minimum atomic E-state index is -0.901. The molecule has 1 atom stereocenters. The molecule has 0 fully saturated rings. The Labute approximate surface area is 97.9 Å². The van der Waals surface area contributed by atoms with Crippen LogP contribution in [0.25, 0.3) is 0 Å². The molecule has 0 spiro atoms. The zero-order chi connectivity index (χ0) is 11.4. The molecule has 1 heterocycles. The Morgan fingerprint density at radius 3 is 2.73 bits per heavy atom. The quantitative estimate of drug-likeness (QED) is 0.814. The summed E-state index contributed by atoms with van der Waals surface area (Å²) in [7, 11) is 0. The predicted molar refractivity (Wildman–Crippen MR) is 62.3 cm³/mol. The topological polar surface area (TPSA) is 37.3 Å². The monoisotopic (exact) mass is 244 g/mol. The van der Waals surface area contributed by atoms with Gasteiger partial charge in [0.2, 0.25) is 0 Å². The molecule has 1 unspecified atom stereocenters. The SMILES string of the molecule is CC1CC(C)(C)c2sc(Cl)c(C(=O)O)c21. The van der Waals surface area contributed by atoms with Crippen molar-refractivity contribution in [1.82, 2.24) is 0 Å². The first-order valence-electron chi connectivity index (χ1n) is 4.90. The van der Waals surface area contributed by atoms with Crippen molar-refractivity contribution in [2.45, 2.75) is 38.5 Å². The number of rotatable bonds is 1. The highest BCUT2D eigenvalue weighted by atomic mass is 35.5. The highest BCUT2D eigenvalue weighted by molar-refractivity contribution is 7.17. The molecule has 1 aromatic rings. The van der Waals surface area contributed by atoms with Gasteiger partial charge in [-0.1, -0.05) is 32.4 Å². The van der Waals surface area contributed by atoms with Crippen LogP contribution in [0.5, 0.6) is 0 Å². The molecule has 1 aromatic heterocycles. The Kier molecular flexibility index (Phi) is 2.36. The predicted octanol–water partition coefficient (Wildman–Crippen LogP) is 3.88. The summed E-state index contributed by atoms with van der Waals surface area (Å²) in [6, 6.07) is 0. The van der Waals surface area contributed by atoms with Crippen molar-refractivity contribution < 1.29 is 9.90 Å². The standard InChI is InChI=1S/C11H13ClO2S/c1-5-4-11(2,3)8-6(5)7(10(13)14)9(12)15-8/h5H,4H2,1-3H3,(H,13,14). The fourth-order valence-corrected chi connectivity index (χ4v) is 4.21. The first kappa shape index (κ1) is 11.0. The number of carboxylic acids is 1. The number of hydrogen-bond acceptors (Lipinski definition) is 2. The van der Waals surface area contributed by atoms with Crippen LogP contribution in [0, 0.1) is 0 Å². The average molecular weight is 245 g/mol. The Balaban J connectivity index is 2.69. The van der Waals surface area contributed by atoms with Gasteiger partial charge in [-0.25, -0.2) is 4.79 Å². The average Bonchev–Trinajstić information content (AvgIpc) is 2.50. The third-order valence-electron chi connectivity index (χ3n) is 3.04. The zero-order valence-corrected chi connectivity index (χ0v) is 10.5. The van der Waals surface area contributed by atoms with Gasteiger partial charge in [-0.2, -0.15) is 0 Å². The molecule has 0 radical (unpaired) electrons. The molecule has 0 bridgehead atoms. The number of carbonyl (C=O) groups is 1. The van der Waals surface area contributed by atoms with E-state index in [2.05, 4.69) is 20.8 Å². The molecule has 1 aliphatic carbocycles. The summed E-state index contributed by atoms with van der Waals surface area (Å²) in [4.78, 5) is 12.3. The van der Waals surface area contributed by atoms with Gasteiger partial charge in [-0.15, -0.1) is 11.3 Å². The van der Waals surface area contributed by atoms with Crippen molar-refractivity contribution in [3.63, 3.8) is 0 Å². The lowest BCUT2D eigenvalue weighted by Crippen LogP contribution is -2.10. The number of hydrogen-bond donors (Lipinski definition) is 1. The highest BCUT2D eigenvalue weighted by Crippen LogP contribution is 2.52. The number of carboxylic acid groups (broad SMARTS) is 1. The molecule has 82 valence electrons. The van der Waals surface area contributed by atoms with Gasteiger partial charge in [0.15, 0.2) is 0 Å². The molecule has 0 saturated carbocycles. The second-order valence-electron chi connectivity index (χ2n) is 4.79. The maximum absolute atomic E-state index is 11.1. The van der Waals surface area contributed by atoms with Crippen LogP contribution in [0.4, 0.5) is 0 Å². The number of thiophene rings is 1. The van der Waals surface area contributed by atoms with Crippen molar-refractivity contribution in [3.05, 3.63) is 20.3 Å². The largest absolute Gasteiger partial charge is 0.478 e. The molecule has 0 aromatic carbocycles. The van der Waals surface area contributed by atoms with Crippen LogP contribution in [0.15, 0.2) is 0 Å². The van der Waals surface area contributed by atoms with Crippen LogP contribution >= 0.6 is 22.9 Å². The summed E-state index contributed by atoms with van der Waals surface area (Å²) in [6.45, 7) is 6.37. The molecule has 4 heteroatoms. The van der Waals surface area contributed by atoms with Gasteiger partial charge < -0.3 is 5.11 Å². The van der Waals surface area contributed by atoms with Crippen molar-refractivity contribution in [2.75, 3.05) is 0 Å². The molecule has 0 amide bonds. The molecule has 1 aliphatic rings. The lowest BCUT2D eigenvalue weighted by atomic mass is 9.91. The first-order valence-corrected chi connectivity index (χ1v) is 6.10. The van der Waals surface area contributed by atoms with E-state index in [4.69, 9.17) is 16.7 Å². The van der Waals surface area contributed by atoms with Gasteiger partial charge in [0.05, 0.1) is 5.56 Å². The number of fused-ring (bicyclic) bond motifs is 1. The lowest BCUT2D eigenvalue weighted by molar-refractivity contribution is 0.0696. The first-order chi connectivity index (χ1) is 6.84. The number of aromatic carboxylic acids is 1. The third-order valence-corrected chi connectivity index (χ3v) is 4.82. The van der Waals surface area contributed by atoms with Crippen LogP contribution < -0.4 is 0 Å². The summed E-state index contributed by atoms with van der Waals surface area (Å²) in [6.07, 6.45) is 1.01. The van der Waals surface area contributed by atoms with E-state index in [-0.39, 0.29) is 5.41 Å². The summed E-state index contributed by atoms with van der Waals surface area (Å²) < 4.78 is 0.423. The molecule has 0 saturated heterocycles. The van der Waals surface area contributed by atoms with E-state index < -0.39 is 5.97 Å². The third kappa shape index (κ3) is 1.49. The van der Waals surface area contributed by atoms with E-state index >= 15 is 0 Å². The second kappa shape index (κ2) is 3.22. The van der Waals surface area contributed by atoms with Gasteiger partial charge in [0.1, 0.15) is 4.34 Å². The molecule has 15 heavy (non-hydrogen) atoms. The Bertz CT molecular complexity index is 434. The summed E-state index contributed by atoms with van der Waals surface area (Å²) in [5.41, 5.74) is 1.36. The normalized spacial score (nSPS) is 22.8. The molecular weight excluding hydrogens is 232 g/mol. The van der Waals surface area contributed by atoms with E-state index in [1.807, 2.05) is 0 Å². The Hall–Kier alpha value is -0.540. The second-order valence-corrected chi connectivity index (χ2v) is 6.41. The Morgan fingerprint density at radius 1 is 1.60 bits per heavy atom. The maximum Gasteiger partial charge on any atom is 0.338 e. The minimum absolute atomic E-state index is 0.0662. The highest BCUT2D eigenvalue weighted by Gasteiger charge is 2.40. The van der Waals surface area contributed by atoms with Crippen LogP contribution in [0.3, 0.4) is 0 Å². The lowest BCUT2D eigenvalue weighted by Gasteiger charge is -2.17. The van der Waals surface area contributed by atoms with Gasteiger partial charge >= 0.3 is 5.97 Å². The smallest absolute Gasteiger partial charge is 0.338 e. The van der Waals surface area contributed by atoms with Crippen LogP contribution in [-0.4, -0.2) is 11.1 Å². The summed E-state index contributed by atoms with van der Waals surface area (Å²) >= 11 is 7.42. The van der Waals surface area contributed by atoms with Crippen LogP contribution in [0.2, 0.25) is 4.34 Å². The minimum Gasteiger partial charge on any atom is -0.478 e. The molecule has 2 nitrogen and oxygen atoms in total. The van der Waals surface area contributed by atoms with E-state index in [0.717, 1.165) is 16.9 Å². The summed E-state index contributed by atoms with van der Waals surface area (Å²) in [5.74, 6) is -0.605. The van der Waals surface area contributed by atoms with E-state index in [9.17, 15) is 4.79 Å². The van der Waals surface area contributed by atoms with Gasteiger partial charge in [0.25, 0.3) is 0 Å². The molecule has 0 aliphatic heterocycles. The van der Waals surface area contributed by atoms with Crippen LogP contribution in [-0.2, 0) is 5.41 Å². The van der Waals surface area contributed by atoms with E-state index in [1.165, 1.54) is 11.3 Å². The molecular formula is C11H13ClO2S. The fraction of sp³-hybridized carbons (Fsp3) is 0.545. The van der Waals surface area contributed by atoms with Gasteiger partial charge in [0, 0.05) is 4.88 Å². The van der Waals surface area contributed by atoms with E-state index in [1.54, 1.807) is 0 Å². The molecule has 1 N–H and O–H groups in total. The Morgan fingerprint density at radius 2 is 2.20 bits per heavy atom. The molecule has 2 rings (SSSR count). The fourth-order valence-electron chi connectivity index (χ4n) is 2.55. The van der Waals surface area contributed by atoms with Crippen molar-refractivity contribution in [1.29, 1.82) is 0 Å². The van der Waals surface area contributed by atoms with Crippen molar-refractivity contribution >= 4 is 28.9 Å². The van der Waals surface area contributed by atoms with Crippen molar-refractivity contribution in [3.8, 4) is 0 Å².